The summed E-state index contributed by atoms with van der Waals surface area (Å²) in [7, 11) is 0. The second-order valence-corrected chi connectivity index (χ2v) is 6.76. The van der Waals surface area contributed by atoms with Gasteiger partial charge in [-0.2, -0.15) is 0 Å². The van der Waals surface area contributed by atoms with Crippen LogP contribution in [0, 0.1) is 0 Å². The number of hydrogen-bond donors (Lipinski definition) is 0. The van der Waals surface area contributed by atoms with Gasteiger partial charge in [-0.15, -0.1) is 0 Å². The van der Waals surface area contributed by atoms with Gasteiger partial charge in [-0.25, -0.2) is 0 Å². The van der Waals surface area contributed by atoms with E-state index in [1.165, 1.54) is 16.0 Å². The predicted octanol–water partition coefficient (Wildman–Crippen LogP) is 3.69. The first-order chi connectivity index (χ1) is 11.5. The van der Waals surface area contributed by atoms with Crippen molar-refractivity contribution in [1.29, 1.82) is 0 Å². The van der Waals surface area contributed by atoms with Gasteiger partial charge < -0.3 is 4.79 Å². The Morgan fingerprint density at radius 3 is 2.25 bits per heavy atom. The average molecular weight is 323 g/mol. The maximum atomic E-state index is 12.7. The van der Waals surface area contributed by atoms with Crippen LogP contribution in [0.25, 0.3) is 0 Å². The third-order valence-corrected chi connectivity index (χ3v) is 4.85. The van der Waals surface area contributed by atoms with Crippen LogP contribution in [-0.4, -0.2) is 28.5 Å². The zero-order valence-corrected chi connectivity index (χ0v) is 14.0. The van der Waals surface area contributed by atoms with Gasteiger partial charge in [0, 0.05) is 0 Å². The molecule has 4 heteroatoms. The summed E-state index contributed by atoms with van der Waals surface area (Å²) < 4.78 is 0. The number of fused-ring (bicyclic) bond motifs is 1. The predicted molar refractivity (Wildman–Crippen MR) is 91.7 cm³/mol. The first kappa shape index (κ1) is 16.4. The number of benzene rings is 1. The molecule has 0 fully saturated rings. The van der Waals surface area contributed by atoms with E-state index in [9.17, 15) is 14.4 Å². The molecule has 124 valence electrons. The lowest BCUT2D eigenvalue weighted by Gasteiger charge is -2.38. The Labute approximate surface area is 141 Å². The number of amides is 2. The molecule has 4 nitrogen and oxygen atoms in total. The van der Waals surface area contributed by atoms with Crippen molar-refractivity contribution in [1.82, 2.24) is 4.90 Å². The minimum absolute atomic E-state index is 0.358. The molecular weight excluding hydrogens is 302 g/mol. The number of rotatable bonds is 4. The first-order valence-corrected chi connectivity index (χ1v) is 8.24. The second-order valence-electron chi connectivity index (χ2n) is 6.76. The molecule has 24 heavy (non-hydrogen) atoms. The lowest BCUT2D eigenvalue weighted by molar-refractivity contribution is -0.116. The number of nitrogens with zero attached hydrogens (tertiary/aromatic N) is 1. The van der Waals surface area contributed by atoms with Crippen LogP contribution in [0.2, 0.25) is 0 Å². The van der Waals surface area contributed by atoms with Crippen molar-refractivity contribution in [2.24, 2.45) is 0 Å². The highest BCUT2D eigenvalue weighted by Crippen LogP contribution is 2.38. The number of carbonyl (C=O) groups is 3. The molecule has 1 heterocycles. The number of carbonyl (C=O) groups excluding carboxylic acids is 3. The molecule has 0 N–H and O–H groups in total. The van der Waals surface area contributed by atoms with Crippen LogP contribution >= 0.6 is 0 Å². The molecule has 1 aromatic rings. The van der Waals surface area contributed by atoms with Gasteiger partial charge in [0.1, 0.15) is 11.8 Å². The molecule has 0 aromatic heterocycles. The minimum Gasteiger partial charge on any atom is -0.301 e. The summed E-state index contributed by atoms with van der Waals surface area (Å²) in [6.45, 7) is 4.11. The average Bonchev–Trinajstić information content (AvgIpc) is 2.85. The Morgan fingerprint density at radius 1 is 1.17 bits per heavy atom. The molecule has 1 aliphatic carbocycles. The van der Waals surface area contributed by atoms with E-state index in [2.05, 4.69) is 19.9 Å². The zero-order valence-electron chi connectivity index (χ0n) is 14.0. The Morgan fingerprint density at radius 2 is 1.79 bits per heavy atom. The second kappa shape index (κ2) is 6.19. The number of allylic oxidation sites excluding steroid dienone is 3. The van der Waals surface area contributed by atoms with Crippen LogP contribution in [0.4, 0.5) is 0 Å². The maximum absolute atomic E-state index is 12.7. The molecule has 0 saturated heterocycles. The van der Waals surface area contributed by atoms with Crippen LogP contribution in [-0.2, 0) is 4.79 Å². The van der Waals surface area contributed by atoms with Crippen LogP contribution in [0.1, 0.15) is 60.2 Å². The maximum Gasteiger partial charge on any atom is 0.262 e. The molecule has 1 aromatic carbocycles. The Bertz CT molecular complexity index is 736. The van der Waals surface area contributed by atoms with Crippen molar-refractivity contribution < 1.29 is 14.4 Å². The van der Waals surface area contributed by atoms with Crippen molar-refractivity contribution >= 4 is 18.1 Å². The fraction of sp³-hybridized carbons (Fsp3) is 0.350. The number of imide groups is 1. The first-order valence-electron chi connectivity index (χ1n) is 8.24. The van der Waals surface area contributed by atoms with Gasteiger partial charge in [-0.1, -0.05) is 35.4 Å². The fourth-order valence-electron chi connectivity index (χ4n) is 3.38. The Balaban J connectivity index is 1.89. The largest absolute Gasteiger partial charge is 0.301 e. The van der Waals surface area contributed by atoms with Crippen molar-refractivity contribution in [2.45, 2.75) is 45.1 Å². The van der Waals surface area contributed by atoms with E-state index in [-0.39, 0.29) is 11.8 Å². The normalized spacial score (nSPS) is 22.9. The quantitative estimate of drug-likeness (QED) is 0.482. The van der Waals surface area contributed by atoms with E-state index in [4.69, 9.17) is 0 Å². The highest BCUT2D eigenvalue weighted by molar-refractivity contribution is 6.22. The van der Waals surface area contributed by atoms with Gasteiger partial charge in [0.05, 0.1) is 11.1 Å². The van der Waals surface area contributed by atoms with Gasteiger partial charge in [-0.3, -0.25) is 14.5 Å². The highest BCUT2D eigenvalue weighted by Gasteiger charge is 2.49. The molecular formula is C20H21NO3. The molecule has 0 saturated carbocycles. The van der Waals surface area contributed by atoms with Crippen molar-refractivity contribution in [3.63, 3.8) is 0 Å². The molecule has 0 radical (unpaired) electrons. The molecule has 2 amide bonds. The van der Waals surface area contributed by atoms with Crippen LogP contribution in [0.3, 0.4) is 0 Å². The third-order valence-electron chi connectivity index (χ3n) is 4.85. The van der Waals surface area contributed by atoms with E-state index >= 15 is 0 Å². The smallest absolute Gasteiger partial charge is 0.262 e. The molecule has 0 bridgehead atoms. The van der Waals surface area contributed by atoms with Crippen molar-refractivity contribution in [3.05, 3.63) is 58.7 Å². The number of hydrogen-bond acceptors (Lipinski definition) is 3. The topological polar surface area (TPSA) is 54.5 Å². The summed E-state index contributed by atoms with van der Waals surface area (Å²) >= 11 is 0. The lowest BCUT2D eigenvalue weighted by Crippen LogP contribution is -2.53. The van der Waals surface area contributed by atoms with E-state index in [0.29, 0.717) is 24.0 Å². The molecule has 0 spiro atoms. The van der Waals surface area contributed by atoms with E-state index < -0.39 is 5.54 Å². The molecule has 2 aliphatic rings. The molecule has 1 atom stereocenters. The molecule has 1 aliphatic heterocycles. The van der Waals surface area contributed by atoms with Gasteiger partial charge in [0.2, 0.25) is 0 Å². The van der Waals surface area contributed by atoms with Crippen LogP contribution < -0.4 is 0 Å². The van der Waals surface area contributed by atoms with E-state index in [0.717, 1.165) is 19.1 Å². The summed E-state index contributed by atoms with van der Waals surface area (Å²) in [6.07, 6.45) is 7.42. The SMILES string of the molecule is CC(C)=CCC1=CC[C@@](C=O)(N2C(=O)c3ccccc3C2=O)CC1. The van der Waals surface area contributed by atoms with Crippen molar-refractivity contribution in [3.8, 4) is 0 Å². The number of aldehydes is 1. The summed E-state index contributed by atoms with van der Waals surface area (Å²) in [5.41, 5.74) is 2.24. The van der Waals surface area contributed by atoms with Gasteiger partial charge in [0.15, 0.2) is 0 Å². The zero-order chi connectivity index (χ0) is 17.3. The molecule has 3 rings (SSSR count). The summed E-state index contributed by atoms with van der Waals surface area (Å²) in [5, 5.41) is 0. The fourth-order valence-corrected chi connectivity index (χ4v) is 3.38. The summed E-state index contributed by atoms with van der Waals surface area (Å²) in [4.78, 5) is 38.4. The molecule has 0 unspecified atom stereocenters. The van der Waals surface area contributed by atoms with Gasteiger partial charge >= 0.3 is 0 Å². The third kappa shape index (κ3) is 2.62. The van der Waals surface area contributed by atoms with Crippen LogP contribution in [0.5, 0.6) is 0 Å². The van der Waals surface area contributed by atoms with Gasteiger partial charge in [0.25, 0.3) is 11.8 Å². The summed E-state index contributed by atoms with van der Waals surface area (Å²) in [5.74, 6) is -0.715. The standard InChI is InChI=1S/C20H21NO3/c1-14(2)7-8-15-9-11-20(13-22,12-10-15)21-18(23)16-5-3-4-6-17(16)19(21)24/h3-7,9,13H,8,10-12H2,1-2H3/t20-/m1/s1. The highest BCUT2D eigenvalue weighted by atomic mass is 16.2. The Kier molecular flexibility index (Phi) is 4.22. The Hall–Kier alpha value is -2.49. The van der Waals surface area contributed by atoms with Crippen LogP contribution in [0.15, 0.2) is 47.6 Å². The van der Waals surface area contributed by atoms with E-state index in [1.54, 1.807) is 24.3 Å². The minimum atomic E-state index is -1.05. The summed E-state index contributed by atoms with van der Waals surface area (Å²) in [6, 6.07) is 6.76. The van der Waals surface area contributed by atoms with Gasteiger partial charge in [-0.05, 0) is 51.7 Å². The van der Waals surface area contributed by atoms with Crippen molar-refractivity contribution in [2.75, 3.05) is 0 Å². The van der Waals surface area contributed by atoms with E-state index in [1.807, 2.05) is 6.08 Å². The lowest BCUT2D eigenvalue weighted by atomic mass is 9.81. The monoisotopic (exact) mass is 323 g/mol.